The number of nitrogens with zero attached hydrogens (tertiary/aromatic N) is 3. The fourth-order valence-corrected chi connectivity index (χ4v) is 6.22. The van der Waals surface area contributed by atoms with E-state index in [1.165, 1.54) is 15.6 Å². The number of carbonyl (C=O) groups is 1. The first-order valence-corrected chi connectivity index (χ1v) is 12.2. The summed E-state index contributed by atoms with van der Waals surface area (Å²) in [4.78, 5) is 16.9. The molecule has 1 aliphatic heterocycles. The second kappa shape index (κ2) is 8.71. The average molecular weight is 445 g/mol. The Balaban J connectivity index is 1.31. The number of amides is 1. The Morgan fingerprint density at radius 1 is 1.20 bits per heavy atom. The highest BCUT2D eigenvalue weighted by atomic mass is 32.2. The molecule has 3 heterocycles. The third-order valence-electron chi connectivity index (χ3n) is 5.41. The Hall–Kier alpha value is -2.49. The highest BCUT2D eigenvalue weighted by molar-refractivity contribution is 7.91. The molecule has 0 bridgehead atoms. The Labute approximate surface area is 180 Å². The molecule has 30 heavy (non-hydrogen) atoms. The minimum atomic E-state index is -3.44. The number of hydrogen-bond acceptors (Lipinski definition) is 5. The Morgan fingerprint density at radius 2 is 1.93 bits per heavy atom. The van der Waals surface area contributed by atoms with Gasteiger partial charge in [-0.3, -0.25) is 4.79 Å². The highest BCUT2D eigenvalue weighted by Crippen LogP contribution is 2.27. The van der Waals surface area contributed by atoms with Crippen LogP contribution in [0.25, 0.3) is 0 Å². The number of sulfonamides is 1. The fourth-order valence-electron chi connectivity index (χ4n) is 3.60. The molecule has 1 fully saturated rings. The quantitative estimate of drug-likeness (QED) is 0.632. The lowest BCUT2D eigenvalue weighted by molar-refractivity contribution is -0.120. The van der Waals surface area contributed by atoms with Crippen molar-refractivity contribution in [1.29, 1.82) is 0 Å². The van der Waals surface area contributed by atoms with E-state index in [9.17, 15) is 13.2 Å². The number of anilines is 1. The summed E-state index contributed by atoms with van der Waals surface area (Å²) >= 11 is 1.22. The molecule has 1 saturated heterocycles. The normalized spacial score (nSPS) is 15.9. The molecule has 0 atom stereocenters. The zero-order valence-corrected chi connectivity index (χ0v) is 18.3. The molecular weight excluding hydrogens is 420 g/mol. The maximum Gasteiger partial charge on any atom is 0.252 e. The second-order valence-corrected chi connectivity index (χ2v) is 10.5. The van der Waals surface area contributed by atoms with E-state index in [4.69, 9.17) is 0 Å². The van der Waals surface area contributed by atoms with E-state index in [0.717, 1.165) is 23.6 Å². The van der Waals surface area contributed by atoms with Crippen LogP contribution in [-0.4, -0.2) is 41.3 Å². The molecule has 0 spiro atoms. The lowest BCUT2D eigenvalue weighted by atomic mass is 9.97. The SMILES string of the molecule is Cc1nccn1Cc1ccc(NC(=O)C2CCN(S(=O)(=O)c3cccs3)CC2)cc1. The van der Waals surface area contributed by atoms with Gasteiger partial charge in [0.05, 0.1) is 0 Å². The number of nitrogens with one attached hydrogen (secondary N) is 1. The van der Waals surface area contributed by atoms with Crippen molar-refractivity contribution in [1.82, 2.24) is 13.9 Å². The molecule has 0 unspecified atom stereocenters. The van der Waals surface area contributed by atoms with Gasteiger partial charge < -0.3 is 9.88 Å². The average Bonchev–Trinajstić information content (AvgIpc) is 3.42. The molecule has 1 aromatic carbocycles. The van der Waals surface area contributed by atoms with Crippen LogP contribution in [-0.2, 0) is 21.4 Å². The van der Waals surface area contributed by atoms with Crippen molar-refractivity contribution in [2.24, 2.45) is 5.92 Å². The number of carbonyl (C=O) groups excluding carboxylic acids is 1. The van der Waals surface area contributed by atoms with Gasteiger partial charge in [0.1, 0.15) is 10.0 Å². The standard InChI is InChI=1S/C21H24N4O3S2/c1-16-22-10-13-24(16)15-17-4-6-19(7-5-17)23-21(26)18-8-11-25(12-9-18)30(27,28)20-3-2-14-29-20/h2-7,10,13-14,18H,8-9,11-12,15H2,1H3,(H,23,26). The predicted octanol–water partition coefficient (Wildman–Crippen LogP) is 3.34. The minimum Gasteiger partial charge on any atom is -0.331 e. The number of aromatic nitrogens is 2. The summed E-state index contributed by atoms with van der Waals surface area (Å²) in [7, 11) is -3.44. The Kier molecular flexibility index (Phi) is 6.03. The Bertz CT molecular complexity index is 1100. The molecule has 0 saturated carbocycles. The van der Waals surface area contributed by atoms with Gasteiger partial charge in [0.2, 0.25) is 5.91 Å². The summed E-state index contributed by atoms with van der Waals surface area (Å²) in [6.45, 7) is 3.42. The Morgan fingerprint density at radius 3 is 2.53 bits per heavy atom. The number of benzene rings is 1. The van der Waals surface area contributed by atoms with E-state index in [-0.39, 0.29) is 11.8 Å². The molecule has 1 aliphatic rings. The van der Waals surface area contributed by atoms with Crippen molar-refractivity contribution >= 4 is 33.0 Å². The summed E-state index contributed by atoms with van der Waals surface area (Å²) in [6.07, 6.45) is 4.76. The summed E-state index contributed by atoms with van der Waals surface area (Å²) in [6, 6.07) is 11.1. The van der Waals surface area contributed by atoms with E-state index in [1.807, 2.05) is 37.4 Å². The van der Waals surface area contributed by atoms with E-state index in [2.05, 4.69) is 14.9 Å². The number of hydrogen-bond donors (Lipinski definition) is 1. The van der Waals surface area contributed by atoms with Gasteiger partial charge in [-0.05, 0) is 48.9 Å². The predicted molar refractivity (Wildman–Crippen MR) is 117 cm³/mol. The van der Waals surface area contributed by atoms with E-state index >= 15 is 0 Å². The molecule has 0 radical (unpaired) electrons. The third-order valence-corrected chi connectivity index (χ3v) is 8.68. The lowest BCUT2D eigenvalue weighted by Gasteiger charge is -2.30. The van der Waals surface area contributed by atoms with Gasteiger partial charge in [0.15, 0.2) is 0 Å². The van der Waals surface area contributed by atoms with Crippen LogP contribution >= 0.6 is 11.3 Å². The van der Waals surface area contributed by atoms with E-state index < -0.39 is 10.0 Å². The summed E-state index contributed by atoms with van der Waals surface area (Å²) in [5.74, 6) is 0.717. The summed E-state index contributed by atoms with van der Waals surface area (Å²) in [5.41, 5.74) is 1.88. The van der Waals surface area contributed by atoms with Crippen LogP contribution in [0.5, 0.6) is 0 Å². The number of rotatable bonds is 6. The van der Waals surface area contributed by atoms with Gasteiger partial charge in [-0.1, -0.05) is 18.2 Å². The van der Waals surface area contributed by atoms with Gasteiger partial charge >= 0.3 is 0 Å². The molecule has 7 nitrogen and oxygen atoms in total. The molecule has 0 aliphatic carbocycles. The summed E-state index contributed by atoms with van der Waals surface area (Å²) < 4.78 is 29.1. The van der Waals surface area contributed by atoms with Crippen LogP contribution in [0, 0.1) is 12.8 Å². The molecule has 1 amide bonds. The molecule has 3 aromatic rings. The number of imidazole rings is 1. The second-order valence-electron chi connectivity index (χ2n) is 7.40. The van der Waals surface area contributed by atoms with Gasteiger partial charge in [-0.25, -0.2) is 13.4 Å². The first kappa shape index (κ1) is 20.8. The minimum absolute atomic E-state index is 0.0543. The van der Waals surface area contributed by atoms with E-state index in [1.54, 1.807) is 23.7 Å². The van der Waals surface area contributed by atoms with Crippen molar-refractivity contribution in [3.63, 3.8) is 0 Å². The number of aryl methyl sites for hydroxylation is 1. The van der Waals surface area contributed by atoms with Crippen molar-refractivity contribution in [2.75, 3.05) is 18.4 Å². The smallest absolute Gasteiger partial charge is 0.252 e. The van der Waals surface area contributed by atoms with Gasteiger partial charge in [-0.2, -0.15) is 4.31 Å². The fraction of sp³-hybridized carbons (Fsp3) is 0.333. The van der Waals surface area contributed by atoms with Crippen molar-refractivity contribution in [2.45, 2.75) is 30.5 Å². The first-order chi connectivity index (χ1) is 14.4. The molecule has 1 N–H and O–H groups in total. The van der Waals surface area contributed by atoms with Gasteiger partial charge in [-0.15, -0.1) is 11.3 Å². The first-order valence-electron chi connectivity index (χ1n) is 9.85. The third kappa shape index (κ3) is 4.48. The van der Waals surface area contributed by atoms with Crippen molar-refractivity contribution < 1.29 is 13.2 Å². The largest absolute Gasteiger partial charge is 0.331 e. The van der Waals surface area contributed by atoms with Crippen molar-refractivity contribution in [3.8, 4) is 0 Å². The maximum atomic E-state index is 12.6. The monoisotopic (exact) mass is 444 g/mol. The maximum absolute atomic E-state index is 12.6. The van der Waals surface area contributed by atoms with Crippen molar-refractivity contribution in [3.05, 3.63) is 65.6 Å². The highest BCUT2D eigenvalue weighted by Gasteiger charge is 2.32. The number of piperidine rings is 1. The van der Waals surface area contributed by atoms with Crippen LogP contribution in [0.15, 0.2) is 58.4 Å². The van der Waals surface area contributed by atoms with Crippen LogP contribution in [0.1, 0.15) is 24.2 Å². The van der Waals surface area contributed by atoms with E-state index in [0.29, 0.717) is 30.1 Å². The topological polar surface area (TPSA) is 84.3 Å². The summed E-state index contributed by atoms with van der Waals surface area (Å²) in [5, 5.41) is 4.73. The molecule has 2 aromatic heterocycles. The van der Waals surface area contributed by atoms with Crippen LogP contribution in [0.4, 0.5) is 5.69 Å². The zero-order valence-electron chi connectivity index (χ0n) is 16.7. The molecule has 158 valence electrons. The van der Waals surface area contributed by atoms with Crippen LogP contribution in [0.3, 0.4) is 0 Å². The molecule has 9 heteroatoms. The lowest BCUT2D eigenvalue weighted by Crippen LogP contribution is -2.41. The molecule has 4 rings (SSSR count). The van der Waals surface area contributed by atoms with Gasteiger partial charge in [0, 0.05) is 43.6 Å². The van der Waals surface area contributed by atoms with Gasteiger partial charge in [0.25, 0.3) is 10.0 Å². The number of thiophene rings is 1. The van der Waals surface area contributed by atoms with Crippen LogP contribution < -0.4 is 5.32 Å². The zero-order chi connectivity index (χ0) is 21.1. The molecular formula is C21H24N4O3S2. The van der Waals surface area contributed by atoms with Crippen LogP contribution in [0.2, 0.25) is 0 Å².